The normalized spacial score (nSPS) is 11.2. The van der Waals surface area contributed by atoms with Crippen LogP contribution < -0.4 is 10.2 Å². The summed E-state index contributed by atoms with van der Waals surface area (Å²) in [5.74, 6) is -0.315. The summed E-state index contributed by atoms with van der Waals surface area (Å²) in [7, 11) is 0. The molecule has 2 rings (SSSR count). The molecule has 22 heavy (non-hydrogen) atoms. The molecule has 0 unspecified atom stereocenters. The van der Waals surface area contributed by atoms with E-state index in [0.717, 1.165) is 0 Å². The van der Waals surface area contributed by atoms with Crippen molar-refractivity contribution < 1.29 is 10.2 Å². The van der Waals surface area contributed by atoms with Gasteiger partial charge in [0.1, 0.15) is 5.82 Å². The van der Waals surface area contributed by atoms with Gasteiger partial charge in [-0.1, -0.05) is 47.9 Å². The summed E-state index contributed by atoms with van der Waals surface area (Å²) in [5.41, 5.74) is 1.03. The first kappa shape index (κ1) is 18.2. The molecular weight excluding hydrogens is 383 g/mol. The predicted octanol–water partition coefficient (Wildman–Crippen LogP) is 2.44. The molecule has 112 valence electrons. The van der Waals surface area contributed by atoms with Gasteiger partial charge in [-0.05, 0) is 24.6 Å². The second-order valence-corrected chi connectivity index (χ2v) is 7.31. The monoisotopic (exact) mass is 402 g/mol. The number of nitrogens with zero attached hydrogens (tertiary/aromatic N) is 2. The molecule has 5 heteroatoms. The van der Waals surface area contributed by atoms with Crippen molar-refractivity contribution in [2.75, 3.05) is 0 Å². The minimum atomic E-state index is -0.262. The Labute approximate surface area is 141 Å². The topological polar surface area (TPSA) is 71.4 Å². The molecule has 2 aromatic rings. The number of aliphatic imine (C=N–C) groups is 1. The number of allylic oxidation sites excluding steroid dienone is 1. The van der Waals surface area contributed by atoms with E-state index in [1.807, 2.05) is 6.07 Å². The zero-order valence-electron chi connectivity index (χ0n) is 12.9. The number of pyridine rings is 1. The Kier molecular flexibility index (Phi) is 8.28. The van der Waals surface area contributed by atoms with Gasteiger partial charge in [0.15, 0.2) is 0 Å². The van der Waals surface area contributed by atoms with Crippen LogP contribution in [0.4, 0.5) is 5.82 Å². The summed E-state index contributed by atoms with van der Waals surface area (Å²) in [6, 6.07) is 11.8. The van der Waals surface area contributed by atoms with E-state index in [-0.39, 0.29) is 38.5 Å². The molecule has 0 saturated heterocycles. The molecule has 1 aromatic heterocycles. The Morgan fingerprint density at radius 2 is 1.77 bits per heavy atom. The molecule has 0 saturated carbocycles. The van der Waals surface area contributed by atoms with Gasteiger partial charge >= 0.3 is 31.0 Å². The van der Waals surface area contributed by atoms with Crippen LogP contribution in [0, 0.1) is 0 Å². The van der Waals surface area contributed by atoms with Crippen LogP contribution in [0.1, 0.15) is 12.5 Å². The van der Waals surface area contributed by atoms with Gasteiger partial charge < -0.3 is 10.2 Å². The quantitative estimate of drug-likeness (QED) is 0.451. The summed E-state index contributed by atoms with van der Waals surface area (Å²) in [6.07, 6.45) is 2.88. The molecule has 0 N–H and O–H groups in total. The second kappa shape index (κ2) is 10.00. The average molecular weight is 401 g/mol. The molecule has 4 nitrogen and oxygen atoms in total. The third kappa shape index (κ3) is 6.30. The van der Waals surface area contributed by atoms with Crippen molar-refractivity contribution in [3.63, 3.8) is 0 Å². The van der Waals surface area contributed by atoms with Crippen molar-refractivity contribution in [3.05, 3.63) is 60.3 Å². The summed E-state index contributed by atoms with van der Waals surface area (Å²) < 4.78 is 0. The SMILES string of the molecule is CC(/C=C(\[O-])c1ccccc1)=N/c1ncccc1[O-].[CH3][Sn+2][CH3]. The van der Waals surface area contributed by atoms with Gasteiger partial charge in [0, 0.05) is 11.9 Å². The number of hydrogen-bond donors (Lipinski definition) is 0. The Morgan fingerprint density at radius 3 is 2.36 bits per heavy atom. The van der Waals surface area contributed by atoms with Gasteiger partial charge in [0.25, 0.3) is 0 Å². The minimum absolute atomic E-state index is 0.0945. The average Bonchev–Trinajstić information content (AvgIpc) is 2.51. The number of aromatic nitrogens is 1. The van der Waals surface area contributed by atoms with E-state index in [1.165, 1.54) is 18.3 Å². The fourth-order valence-corrected chi connectivity index (χ4v) is 1.54. The second-order valence-electron chi connectivity index (χ2n) is 4.45. The van der Waals surface area contributed by atoms with E-state index in [2.05, 4.69) is 19.9 Å². The van der Waals surface area contributed by atoms with E-state index < -0.39 is 0 Å². The Bertz CT molecular complexity index is 640. The fourth-order valence-electron chi connectivity index (χ4n) is 1.54. The Morgan fingerprint density at radius 1 is 1.14 bits per heavy atom. The Balaban J connectivity index is 0.000000745. The predicted molar refractivity (Wildman–Crippen MR) is 88.4 cm³/mol. The van der Waals surface area contributed by atoms with E-state index in [1.54, 1.807) is 37.3 Å². The summed E-state index contributed by atoms with van der Waals surface area (Å²) >= 11 is 0.230. The number of rotatable bonds is 3. The molecule has 0 radical (unpaired) electrons. The van der Waals surface area contributed by atoms with Crippen LogP contribution in [0.5, 0.6) is 5.75 Å². The molecule has 0 atom stereocenters. The van der Waals surface area contributed by atoms with E-state index in [9.17, 15) is 10.2 Å². The van der Waals surface area contributed by atoms with Crippen molar-refractivity contribution in [2.45, 2.75) is 16.8 Å². The van der Waals surface area contributed by atoms with Gasteiger partial charge in [-0.15, -0.1) is 0 Å². The summed E-state index contributed by atoms with van der Waals surface area (Å²) in [5, 5.41) is 23.3. The standard InChI is InChI=1S/C15H14N2O2.2CH3.Sn/c1-11(17-15-13(18)8-5-9-16-15)10-14(19)12-6-3-2-4-7-12;;;/h2-10,18-19H,1H3;2*1H3;/q;;;+2/p-2/b14-10-,17-11-;;;. The van der Waals surface area contributed by atoms with Crippen molar-refractivity contribution in [1.82, 2.24) is 4.98 Å². The molecule has 0 spiro atoms. The first-order valence-corrected chi connectivity index (χ1v) is 12.5. The zero-order valence-corrected chi connectivity index (χ0v) is 15.8. The molecule has 0 amide bonds. The van der Waals surface area contributed by atoms with Crippen molar-refractivity contribution >= 4 is 38.4 Å². The summed E-state index contributed by atoms with van der Waals surface area (Å²) in [6.45, 7) is 1.66. The van der Waals surface area contributed by atoms with Gasteiger partial charge in [0.05, 0.1) is 0 Å². The van der Waals surface area contributed by atoms with Crippen LogP contribution in [0.25, 0.3) is 5.76 Å². The van der Waals surface area contributed by atoms with E-state index in [4.69, 9.17) is 0 Å². The van der Waals surface area contributed by atoms with Crippen LogP contribution in [-0.2, 0) is 0 Å². The first-order valence-electron chi connectivity index (χ1n) is 6.78. The van der Waals surface area contributed by atoms with Gasteiger partial charge in [-0.25, -0.2) is 9.98 Å². The van der Waals surface area contributed by atoms with Crippen molar-refractivity contribution in [3.8, 4) is 5.75 Å². The van der Waals surface area contributed by atoms with Crippen LogP contribution in [-0.4, -0.2) is 31.8 Å². The van der Waals surface area contributed by atoms with Crippen LogP contribution in [0.3, 0.4) is 0 Å². The van der Waals surface area contributed by atoms with Crippen LogP contribution >= 0.6 is 0 Å². The first-order chi connectivity index (χ1) is 10.6. The number of benzene rings is 1. The fraction of sp³-hybridized carbons (Fsp3) is 0.176. The van der Waals surface area contributed by atoms with Crippen LogP contribution in [0.2, 0.25) is 9.88 Å². The molecule has 0 aliphatic carbocycles. The Hall–Kier alpha value is -1.82. The van der Waals surface area contributed by atoms with Gasteiger partial charge in [-0.2, -0.15) is 0 Å². The van der Waals surface area contributed by atoms with Crippen LogP contribution in [0.15, 0.2) is 59.7 Å². The zero-order chi connectivity index (χ0) is 16.4. The molecule has 1 aromatic carbocycles. The van der Waals surface area contributed by atoms with Gasteiger partial charge in [0.2, 0.25) is 0 Å². The van der Waals surface area contributed by atoms with Crippen molar-refractivity contribution in [2.24, 2.45) is 4.99 Å². The molecule has 0 fully saturated rings. The molecule has 0 bridgehead atoms. The van der Waals surface area contributed by atoms with E-state index >= 15 is 0 Å². The number of hydrogen-bond acceptors (Lipinski definition) is 4. The molecule has 1 heterocycles. The van der Waals surface area contributed by atoms with E-state index in [0.29, 0.717) is 11.3 Å². The molecule has 0 aliphatic rings. The van der Waals surface area contributed by atoms with Gasteiger partial charge in [-0.3, -0.25) is 0 Å². The summed E-state index contributed by atoms with van der Waals surface area (Å²) in [4.78, 5) is 12.5. The van der Waals surface area contributed by atoms with Crippen molar-refractivity contribution in [1.29, 1.82) is 0 Å². The molecular formula is C17H18N2O2Sn. The maximum absolute atomic E-state index is 11.9. The third-order valence-corrected chi connectivity index (χ3v) is 2.43. The maximum atomic E-state index is 11.9. The third-order valence-electron chi connectivity index (χ3n) is 2.43. The molecule has 0 aliphatic heterocycles.